The van der Waals surface area contributed by atoms with Crippen LogP contribution in [0.25, 0.3) is 11.3 Å². The molecule has 0 atom stereocenters. The van der Waals surface area contributed by atoms with Gasteiger partial charge < -0.3 is 10.1 Å². The molecule has 1 amide bonds. The number of thioether (sulfide) groups is 1. The lowest BCUT2D eigenvalue weighted by molar-refractivity contribution is -0.119. The van der Waals surface area contributed by atoms with Crippen LogP contribution in [0.2, 0.25) is 0 Å². The number of ether oxygens (including phenoxy) is 1. The second kappa shape index (κ2) is 7.79. The van der Waals surface area contributed by atoms with Crippen LogP contribution in [0.4, 0.5) is 0 Å². The number of nitrogens with one attached hydrogen (secondary N) is 1. The van der Waals surface area contributed by atoms with E-state index in [-0.39, 0.29) is 11.9 Å². The van der Waals surface area contributed by atoms with Gasteiger partial charge in [0, 0.05) is 11.6 Å². The molecule has 0 aliphatic rings. The summed E-state index contributed by atoms with van der Waals surface area (Å²) in [6.07, 6.45) is 0. The molecule has 0 bridgehead atoms. The van der Waals surface area contributed by atoms with Crippen molar-refractivity contribution in [2.75, 3.05) is 12.9 Å². The first kappa shape index (κ1) is 16.3. The Morgan fingerprint density at radius 2 is 2.09 bits per heavy atom. The predicted octanol–water partition coefficient (Wildman–Crippen LogP) is 2.77. The zero-order valence-electron chi connectivity index (χ0n) is 12.9. The van der Waals surface area contributed by atoms with Crippen molar-refractivity contribution in [3.63, 3.8) is 0 Å². The van der Waals surface area contributed by atoms with E-state index in [1.165, 1.54) is 11.8 Å². The van der Waals surface area contributed by atoms with Gasteiger partial charge in [0.1, 0.15) is 10.8 Å². The van der Waals surface area contributed by atoms with E-state index in [9.17, 15) is 4.79 Å². The molecular weight excluding hydrogens is 298 g/mol. The lowest BCUT2D eigenvalue weighted by Crippen LogP contribution is -2.31. The Labute approximate surface area is 134 Å². The molecule has 116 valence electrons. The van der Waals surface area contributed by atoms with Gasteiger partial charge in [0.2, 0.25) is 5.91 Å². The molecule has 1 heterocycles. The molecular formula is C16H19N3O2S. The lowest BCUT2D eigenvalue weighted by Gasteiger charge is -2.07. The maximum absolute atomic E-state index is 11.6. The summed E-state index contributed by atoms with van der Waals surface area (Å²) in [5.41, 5.74) is 1.72. The zero-order valence-corrected chi connectivity index (χ0v) is 13.7. The SMILES string of the molecule is COc1cccc(-c2ccc(SCC(=O)NC(C)C)nn2)c1. The van der Waals surface area contributed by atoms with E-state index < -0.39 is 0 Å². The topological polar surface area (TPSA) is 64.1 Å². The highest BCUT2D eigenvalue weighted by Crippen LogP contribution is 2.23. The van der Waals surface area contributed by atoms with Crippen LogP contribution in [0.1, 0.15) is 13.8 Å². The quantitative estimate of drug-likeness (QED) is 0.830. The number of hydrogen-bond acceptors (Lipinski definition) is 5. The average molecular weight is 317 g/mol. The van der Waals surface area contributed by atoms with Gasteiger partial charge in [-0.05, 0) is 38.1 Å². The number of aromatic nitrogens is 2. The first-order valence-electron chi connectivity index (χ1n) is 6.99. The van der Waals surface area contributed by atoms with E-state index in [4.69, 9.17) is 4.74 Å². The number of carbonyl (C=O) groups excluding carboxylic acids is 1. The van der Waals surface area contributed by atoms with Crippen molar-refractivity contribution >= 4 is 17.7 Å². The summed E-state index contributed by atoms with van der Waals surface area (Å²) in [5.74, 6) is 1.12. The fourth-order valence-electron chi connectivity index (χ4n) is 1.84. The highest BCUT2D eigenvalue weighted by molar-refractivity contribution is 7.99. The summed E-state index contributed by atoms with van der Waals surface area (Å²) in [6, 6.07) is 11.6. The van der Waals surface area contributed by atoms with Crippen LogP contribution in [-0.2, 0) is 4.79 Å². The molecule has 0 aliphatic carbocycles. The monoisotopic (exact) mass is 317 g/mol. The van der Waals surface area contributed by atoms with Crippen LogP contribution in [0.5, 0.6) is 5.75 Å². The minimum atomic E-state index is -0.00123. The normalized spacial score (nSPS) is 10.5. The van der Waals surface area contributed by atoms with Gasteiger partial charge in [0.05, 0.1) is 18.6 Å². The summed E-state index contributed by atoms with van der Waals surface area (Å²) in [7, 11) is 1.63. The summed E-state index contributed by atoms with van der Waals surface area (Å²) in [4.78, 5) is 11.6. The minimum absolute atomic E-state index is 0.00123. The van der Waals surface area contributed by atoms with Crippen molar-refractivity contribution in [3.05, 3.63) is 36.4 Å². The van der Waals surface area contributed by atoms with Crippen molar-refractivity contribution in [3.8, 4) is 17.0 Å². The molecule has 2 aromatic rings. The van der Waals surface area contributed by atoms with Gasteiger partial charge in [-0.25, -0.2) is 0 Å². The Balaban J connectivity index is 1.99. The van der Waals surface area contributed by atoms with Crippen molar-refractivity contribution in [2.24, 2.45) is 0 Å². The molecule has 0 unspecified atom stereocenters. The van der Waals surface area contributed by atoms with Crippen LogP contribution in [0, 0.1) is 0 Å². The number of hydrogen-bond donors (Lipinski definition) is 1. The largest absolute Gasteiger partial charge is 0.497 e. The summed E-state index contributed by atoms with van der Waals surface area (Å²) in [5, 5.41) is 11.9. The van der Waals surface area contributed by atoms with Crippen LogP contribution in [0.15, 0.2) is 41.4 Å². The molecule has 22 heavy (non-hydrogen) atoms. The Hall–Kier alpha value is -2.08. The van der Waals surface area contributed by atoms with Gasteiger partial charge in [0.25, 0.3) is 0 Å². The fourth-order valence-corrected chi connectivity index (χ4v) is 2.46. The van der Waals surface area contributed by atoms with Gasteiger partial charge >= 0.3 is 0 Å². The number of carbonyl (C=O) groups is 1. The summed E-state index contributed by atoms with van der Waals surface area (Å²) >= 11 is 1.37. The molecule has 1 N–H and O–H groups in total. The highest BCUT2D eigenvalue weighted by atomic mass is 32.2. The smallest absolute Gasteiger partial charge is 0.230 e. The molecule has 0 saturated heterocycles. The van der Waals surface area contributed by atoms with E-state index in [0.717, 1.165) is 22.0 Å². The fraction of sp³-hybridized carbons (Fsp3) is 0.312. The maximum atomic E-state index is 11.6. The van der Waals surface area contributed by atoms with E-state index >= 15 is 0 Å². The van der Waals surface area contributed by atoms with Crippen LogP contribution >= 0.6 is 11.8 Å². The third kappa shape index (κ3) is 4.73. The Kier molecular flexibility index (Phi) is 5.77. The summed E-state index contributed by atoms with van der Waals surface area (Å²) in [6.45, 7) is 3.87. The molecule has 0 aliphatic heterocycles. The molecule has 0 saturated carbocycles. The average Bonchev–Trinajstić information content (AvgIpc) is 2.53. The summed E-state index contributed by atoms with van der Waals surface area (Å²) < 4.78 is 5.20. The molecule has 6 heteroatoms. The Morgan fingerprint density at radius 1 is 1.27 bits per heavy atom. The molecule has 0 fully saturated rings. The number of methoxy groups -OCH3 is 1. The zero-order chi connectivity index (χ0) is 15.9. The van der Waals surface area contributed by atoms with Gasteiger partial charge in [-0.2, -0.15) is 0 Å². The van der Waals surface area contributed by atoms with Gasteiger partial charge in [-0.1, -0.05) is 23.9 Å². The molecule has 2 rings (SSSR count). The molecule has 0 spiro atoms. The van der Waals surface area contributed by atoms with Crippen LogP contribution < -0.4 is 10.1 Å². The maximum Gasteiger partial charge on any atom is 0.230 e. The van der Waals surface area contributed by atoms with Gasteiger partial charge in [-0.3, -0.25) is 4.79 Å². The molecule has 0 radical (unpaired) electrons. The first-order valence-corrected chi connectivity index (χ1v) is 7.97. The van der Waals surface area contributed by atoms with Crippen molar-refractivity contribution < 1.29 is 9.53 Å². The third-order valence-electron chi connectivity index (χ3n) is 2.81. The molecule has 1 aromatic heterocycles. The first-order chi connectivity index (χ1) is 10.6. The highest BCUT2D eigenvalue weighted by Gasteiger charge is 2.07. The van der Waals surface area contributed by atoms with E-state index in [1.54, 1.807) is 7.11 Å². The number of rotatable bonds is 6. The molecule has 5 nitrogen and oxygen atoms in total. The van der Waals surface area contributed by atoms with Crippen molar-refractivity contribution in [1.82, 2.24) is 15.5 Å². The number of amides is 1. The van der Waals surface area contributed by atoms with Crippen LogP contribution in [0.3, 0.4) is 0 Å². The Morgan fingerprint density at radius 3 is 2.73 bits per heavy atom. The number of nitrogens with zero attached hydrogens (tertiary/aromatic N) is 2. The lowest BCUT2D eigenvalue weighted by atomic mass is 10.1. The molecule has 1 aromatic carbocycles. The van der Waals surface area contributed by atoms with Crippen LogP contribution in [-0.4, -0.2) is 35.0 Å². The standard InChI is InChI=1S/C16H19N3O2S/c1-11(2)17-15(20)10-22-16-8-7-14(18-19-16)12-5-4-6-13(9-12)21-3/h4-9,11H,10H2,1-3H3,(H,17,20). The Bertz CT molecular complexity index is 630. The van der Waals surface area contributed by atoms with Gasteiger partial charge in [0.15, 0.2) is 0 Å². The van der Waals surface area contributed by atoms with Gasteiger partial charge in [-0.15, -0.1) is 10.2 Å². The van der Waals surface area contributed by atoms with Crippen molar-refractivity contribution in [1.29, 1.82) is 0 Å². The third-order valence-corrected chi connectivity index (χ3v) is 3.73. The predicted molar refractivity (Wildman–Crippen MR) is 88.0 cm³/mol. The van der Waals surface area contributed by atoms with Crippen molar-refractivity contribution in [2.45, 2.75) is 24.9 Å². The van der Waals surface area contributed by atoms with E-state index in [2.05, 4.69) is 15.5 Å². The number of benzene rings is 1. The van der Waals surface area contributed by atoms with E-state index in [0.29, 0.717) is 5.75 Å². The second-order valence-corrected chi connectivity index (χ2v) is 6.00. The van der Waals surface area contributed by atoms with E-state index in [1.807, 2.05) is 50.2 Å². The minimum Gasteiger partial charge on any atom is -0.497 e. The second-order valence-electron chi connectivity index (χ2n) is 5.00.